The minimum Gasteiger partial charge on any atom is -0.481 e. The van der Waals surface area contributed by atoms with Crippen LogP contribution in [0.5, 0.6) is 5.88 Å². The molecule has 2 fully saturated rings. The summed E-state index contributed by atoms with van der Waals surface area (Å²) in [6.45, 7) is 1.65. The highest BCUT2D eigenvalue weighted by Crippen LogP contribution is 2.46. The van der Waals surface area contributed by atoms with Gasteiger partial charge in [-0.2, -0.15) is 15.5 Å². The Morgan fingerprint density at radius 1 is 1.00 bits per heavy atom. The third-order valence-electron chi connectivity index (χ3n) is 7.85. The molecular formula is C29H26N10O2. The Morgan fingerprint density at radius 3 is 2.51 bits per heavy atom. The van der Waals surface area contributed by atoms with Crippen molar-refractivity contribution in [1.29, 1.82) is 5.26 Å². The molecular weight excluding hydrogens is 520 g/mol. The Morgan fingerprint density at radius 2 is 1.85 bits per heavy atom. The number of hydrogen-bond acceptors (Lipinski definition) is 8. The largest absolute Gasteiger partial charge is 0.481 e. The molecule has 5 aromatic rings. The third-order valence-corrected chi connectivity index (χ3v) is 7.85. The number of rotatable bonds is 6. The fourth-order valence-corrected chi connectivity index (χ4v) is 5.71. The lowest BCUT2D eigenvalue weighted by atomic mass is 10.0. The highest BCUT2D eigenvalue weighted by molar-refractivity contribution is 5.90. The zero-order valence-electron chi connectivity index (χ0n) is 22.4. The van der Waals surface area contributed by atoms with Crippen LogP contribution in [0.15, 0.2) is 67.5 Å². The fraction of sp³-hybridized carbons (Fsp3) is 0.241. The molecule has 2 N–H and O–H groups in total. The number of nitrogens with one attached hydrogen (secondary N) is 2. The second-order valence-electron chi connectivity index (χ2n) is 10.4. The molecule has 204 valence electrons. The van der Waals surface area contributed by atoms with Crippen LogP contribution < -0.4 is 20.3 Å². The van der Waals surface area contributed by atoms with Crippen molar-refractivity contribution in [3.05, 3.63) is 73.1 Å². The van der Waals surface area contributed by atoms with Gasteiger partial charge in [0.05, 0.1) is 42.5 Å². The number of ether oxygens (including phenoxy) is 1. The van der Waals surface area contributed by atoms with Crippen molar-refractivity contribution in [3.63, 3.8) is 0 Å². The molecule has 0 aromatic carbocycles. The van der Waals surface area contributed by atoms with Crippen LogP contribution in [0.25, 0.3) is 27.8 Å². The number of amides is 2. The van der Waals surface area contributed by atoms with Gasteiger partial charge in [0, 0.05) is 84.9 Å². The zero-order valence-corrected chi connectivity index (χ0v) is 22.4. The van der Waals surface area contributed by atoms with E-state index in [0.29, 0.717) is 29.0 Å². The molecule has 6 heterocycles. The lowest BCUT2D eigenvalue weighted by Gasteiger charge is -2.21. The average molecular weight is 547 g/mol. The second-order valence-corrected chi connectivity index (χ2v) is 10.4. The first-order valence-electron chi connectivity index (χ1n) is 13.2. The number of piperidine rings is 1. The molecule has 12 nitrogen and oxygen atoms in total. The predicted octanol–water partition coefficient (Wildman–Crippen LogP) is 3.33. The van der Waals surface area contributed by atoms with Crippen molar-refractivity contribution < 1.29 is 9.53 Å². The second kappa shape index (κ2) is 9.63. The summed E-state index contributed by atoms with van der Waals surface area (Å²) in [5.41, 5.74) is 5.55. The van der Waals surface area contributed by atoms with E-state index in [4.69, 9.17) is 9.72 Å². The van der Waals surface area contributed by atoms with Crippen LogP contribution in [0, 0.1) is 23.2 Å². The Bertz CT molecular complexity index is 1790. The quantitative estimate of drug-likeness (QED) is 0.331. The Hall–Kier alpha value is -5.44. The Labute approximate surface area is 235 Å². The molecule has 41 heavy (non-hydrogen) atoms. The Kier molecular flexibility index (Phi) is 5.78. The summed E-state index contributed by atoms with van der Waals surface area (Å²) < 4.78 is 8.55. The van der Waals surface area contributed by atoms with E-state index in [1.54, 1.807) is 40.8 Å². The summed E-state index contributed by atoms with van der Waals surface area (Å²) in [4.78, 5) is 23.6. The van der Waals surface area contributed by atoms with Gasteiger partial charge in [-0.1, -0.05) is 0 Å². The number of aromatic nitrogens is 6. The van der Waals surface area contributed by atoms with E-state index in [9.17, 15) is 10.1 Å². The summed E-state index contributed by atoms with van der Waals surface area (Å²) in [6, 6.07) is 11.7. The molecule has 0 bridgehead atoms. The van der Waals surface area contributed by atoms with E-state index in [2.05, 4.69) is 42.9 Å². The lowest BCUT2D eigenvalue weighted by molar-refractivity contribution is 0.250. The number of aryl methyl sites for hydroxylation is 1. The highest BCUT2D eigenvalue weighted by atomic mass is 16.5. The topological polar surface area (TPSA) is 138 Å². The number of carbonyl (C=O) groups excluding carboxylic acids is 1. The first-order chi connectivity index (χ1) is 20.0. The number of carbonyl (C=O) groups is 1. The van der Waals surface area contributed by atoms with Crippen molar-refractivity contribution in [2.75, 3.05) is 30.4 Å². The number of hydrogen-bond donors (Lipinski definition) is 2. The molecule has 1 aliphatic carbocycles. The van der Waals surface area contributed by atoms with Gasteiger partial charge in [-0.05, 0) is 24.3 Å². The third kappa shape index (κ3) is 4.47. The maximum atomic E-state index is 12.5. The molecule has 5 aromatic heterocycles. The molecule has 2 atom stereocenters. The van der Waals surface area contributed by atoms with E-state index in [1.165, 1.54) is 0 Å². The van der Waals surface area contributed by atoms with Crippen LogP contribution >= 0.6 is 0 Å². The monoisotopic (exact) mass is 546 g/mol. The molecule has 12 heteroatoms. The predicted molar refractivity (Wildman–Crippen MR) is 151 cm³/mol. The van der Waals surface area contributed by atoms with Gasteiger partial charge in [0.25, 0.3) is 0 Å². The minimum absolute atomic E-state index is 0.145. The molecule has 0 radical (unpaired) electrons. The van der Waals surface area contributed by atoms with Crippen molar-refractivity contribution in [1.82, 2.24) is 34.7 Å². The molecule has 1 aliphatic heterocycles. The van der Waals surface area contributed by atoms with Crippen molar-refractivity contribution in [2.45, 2.75) is 6.04 Å². The lowest BCUT2D eigenvalue weighted by Crippen LogP contribution is -2.37. The van der Waals surface area contributed by atoms with Gasteiger partial charge in [-0.3, -0.25) is 4.68 Å². The van der Waals surface area contributed by atoms with Crippen LogP contribution in [-0.4, -0.2) is 61.6 Å². The minimum atomic E-state index is -0.234. The van der Waals surface area contributed by atoms with Gasteiger partial charge in [-0.25, -0.2) is 19.3 Å². The highest BCUT2D eigenvalue weighted by Gasteiger charge is 2.56. The van der Waals surface area contributed by atoms with E-state index >= 15 is 0 Å². The molecule has 2 unspecified atom stereocenters. The molecule has 7 rings (SSSR count). The summed E-state index contributed by atoms with van der Waals surface area (Å²) in [7, 11) is 3.43. The number of nitrogens with zero attached hydrogens (tertiary/aromatic N) is 8. The van der Waals surface area contributed by atoms with Gasteiger partial charge < -0.3 is 20.3 Å². The maximum absolute atomic E-state index is 12.5. The number of urea groups is 1. The van der Waals surface area contributed by atoms with Crippen LogP contribution in [0.4, 0.5) is 16.3 Å². The summed E-state index contributed by atoms with van der Waals surface area (Å²) in [5, 5.41) is 24.3. The van der Waals surface area contributed by atoms with Gasteiger partial charge in [0.1, 0.15) is 11.9 Å². The van der Waals surface area contributed by atoms with E-state index in [-0.39, 0.29) is 12.1 Å². The van der Waals surface area contributed by atoms with Crippen LogP contribution in [0.1, 0.15) is 5.56 Å². The normalized spacial score (nSPS) is 19.0. The SMILES string of the molecule is COc1ccc(NC(=O)NC2C3CN(c4ccc(-c5cc(-c6cnn(C)c6)cn6ncc(C#N)c56)cn4)CC32)cn1. The number of pyridine rings is 3. The summed E-state index contributed by atoms with van der Waals surface area (Å²) in [5.74, 6) is 2.16. The van der Waals surface area contributed by atoms with Crippen molar-refractivity contribution >= 4 is 23.1 Å². The first-order valence-corrected chi connectivity index (χ1v) is 13.2. The Balaban J connectivity index is 1.04. The number of methoxy groups -OCH3 is 1. The van der Waals surface area contributed by atoms with Gasteiger partial charge >= 0.3 is 6.03 Å². The van der Waals surface area contributed by atoms with E-state index in [0.717, 1.165) is 46.7 Å². The van der Waals surface area contributed by atoms with E-state index in [1.807, 2.05) is 44.0 Å². The molecule has 2 aliphatic rings. The average Bonchev–Trinajstić information content (AvgIpc) is 3.45. The number of nitriles is 1. The first kappa shape index (κ1) is 24.6. The van der Waals surface area contributed by atoms with Gasteiger partial charge in [0.15, 0.2) is 0 Å². The van der Waals surface area contributed by atoms with Crippen LogP contribution in [0.3, 0.4) is 0 Å². The maximum Gasteiger partial charge on any atom is 0.319 e. The van der Waals surface area contributed by atoms with Gasteiger partial charge in [0.2, 0.25) is 5.88 Å². The fourth-order valence-electron chi connectivity index (χ4n) is 5.71. The molecule has 1 saturated heterocycles. The summed E-state index contributed by atoms with van der Waals surface area (Å²) >= 11 is 0. The number of fused-ring (bicyclic) bond motifs is 2. The van der Waals surface area contributed by atoms with Crippen molar-refractivity contribution in [2.24, 2.45) is 18.9 Å². The zero-order chi connectivity index (χ0) is 28.1. The smallest absolute Gasteiger partial charge is 0.319 e. The molecule has 0 spiro atoms. The van der Waals surface area contributed by atoms with Crippen LogP contribution in [-0.2, 0) is 7.05 Å². The molecule has 2 amide bonds. The molecule has 1 saturated carbocycles. The summed E-state index contributed by atoms with van der Waals surface area (Å²) in [6.07, 6.45) is 10.7. The van der Waals surface area contributed by atoms with E-state index < -0.39 is 0 Å². The van der Waals surface area contributed by atoms with Gasteiger partial charge in [-0.15, -0.1) is 0 Å². The van der Waals surface area contributed by atoms with Crippen LogP contribution in [0.2, 0.25) is 0 Å². The standard InChI is InChI=1S/C29H26N10O2/c1-37-13-20(11-33-37)18-7-22(28-19(8-30)10-34-39(28)14-18)17-3-5-25(31-9-17)38-15-23-24(16-38)27(23)36-29(40)35-21-4-6-26(41-2)32-12-21/h3-7,9-14,23-24,27H,15-16H2,1-2H3,(H2,35,36,40). The number of anilines is 2. The van der Waals surface area contributed by atoms with Crippen molar-refractivity contribution in [3.8, 4) is 34.2 Å².